The summed E-state index contributed by atoms with van der Waals surface area (Å²) in [5.41, 5.74) is 1.45. The van der Waals surface area contributed by atoms with Gasteiger partial charge in [0.05, 0.1) is 11.6 Å². The van der Waals surface area contributed by atoms with Crippen molar-refractivity contribution in [1.29, 1.82) is 5.26 Å². The zero-order valence-corrected chi connectivity index (χ0v) is 9.11. The fourth-order valence-electron chi connectivity index (χ4n) is 1.77. The van der Waals surface area contributed by atoms with Gasteiger partial charge in [0, 0.05) is 0 Å². The molecule has 0 radical (unpaired) electrons. The summed E-state index contributed by atoms with van der Waals surface area (Å²) < 4.78 is 5.50. The van der Waals surface area contributed by atoms with E-state index in [2.05, 4.69) is 6.07 Å². The Labute approximate surface area is 84.2 Å². The van der Waals surface area contributed by atoms with Crippen molar-refractivity contribution in [2.45, 2.75) is 13.1 Å². The van der Waals surface area contributed by atoms with Crippen LogP contribution in [0.1, 0.15) is 5.56 Å². The summed E-state index contributed by atoms with van der Waals surface area (Å²) in [4.78, 5) is 0. The molecule has 0 spiro atoms. The van der Waals surface area contributed by atoms with Crippen molar-refractivity contribution in [3.63, 3.8) is 0 Å². The predicted octanol–water partition coefficient (Wildman–Crippen LogP) is -0.312. The second kappa shape index (κ2) is 2.95. The van der Waals surface area contributed by atoms with E-state index in [4.69, 9.17) is 9.61 Å². The molecule has 1 aromatic rings. The molecule has 2 rings (SSSR count). The SMILES string of the molecule is C[Si]1(C)OB(O)c2ccc(C#N)cc21. The van der Waals surface area contributed by atoms with E-state index in [9.17, 15) is 5.02 Å². The lowest BCUT2D eigenvalue weighted by atomic mass is 9.80. The van der Waals surface area contributed by atoms with E-state index < -0.39 is 15.4 Å². The molecule has 0 amide bonds. The van der Waals surface area contributed by atoms with E-state index >= 15 is 0 Å². The summed E-state index contributed by atoms with van der Waals surface area (Å²) in [5.74, 6) is 0. The first-order chi connectivity index (χ1) is 6.54. The second-order valence-corrected chi connectivity index (χ2v) is 7.69. The summed E-state index contributed by atoms with van der Waals surface area (Å²) in [6.45, 7) is 4.03. The quantitative estimate of drug-likeness (QED) is 0.588. The fraction of sp³-hybridized carbons (Fsp3) is 0.222. The molecule has 0 aromatic heterocycles. The van der Waals surface area contributed by atoms with Gasteiger partial charge in [-0.2, -0.15) is 5.26 Å². The van der Waals surface area contributed by atoms with E-state index in [0.29, 0.717) is 5.56 Å². The highest BCUT2D eigenvalue weighted by Gasteiger charge is 2.42. The topological polar surface area (TPSA) is 53.2 Å². The van der Waals surface area contributed by atoms with E-state index in [1.54, 1.807) is 12.1 Å². The first-order valence-electron chi connectivity index (χ1n) is 4.45. The van der Waals surface area contributed by atoms with Gasteiger partial charge in [0.1, 0.15) is 0 Å². The average molecular weight is 203 g/mol. The highest BCUT2D eigenvalue weighted by molar-refractivity contribution is 6.97. The van der Waals surface area contributed by atoms with E-state index in [0.717, 1.165) is 10.6 Å². The van der Waals surface area contributed by atoms with Gasteiger partial charge in [-0.15, -0.1) is 0 Å². The monoisotopic (exact) mass is 203 g/mol. The first-order valence-corrected chi connectivity index (χ1v) is 7.36. The molecule has 14 heavy (non-hydrogen) atoms. The lowest BCUT2D eigenvalue weighted by molar-refractivity contribution is 0.441. The van der Waals surface area contributed by atoms with Gasteiger partial charge in [0.25, 0.3) is 0 Å². The number of fused-ring (bicyclic) bond motifs is 1. The van der Waals surface area contributed by atoms with Crippen LogP contribution in [0.15, 0.2) is 18.2 Å². The Bertz CT molecular complexity index is 427. The molecule has 0 bridgehead atoms. The summed E-state index contributed by atoms with van der Waals surface area (Å²) in [5, 5.41) is 19.4. The Kier molecular flexibility index (Phi) is 2.00. The lowest BCUT2D eigenvalue weighted by Crippen LogP contribution is -2.43. The van der Waals surface area contributed by atoms with Gasteiger partial charge < -0.3 is 9.37 Å². The highest BCUT2D eigenvalue weighted by Crippen LogP contribution is 2.13. The largest absolute Gasteiger partial charge is 0.480 e. The summed E-state index contributed by atoms with van der Waals surface area (Å²) >= 11 is 0. The molecule has 0 saturated carbocycles. The molecule has 70 valence electrons. The summed E-state index contributed by atoms with van der Waals surface area (Å²) in [6.07, 6.45) is 0. The molecule has 1 aliphatic rings. The Morgan fingerprint density at radius 1 is 1.50 bits per heavy atom. The maximum absolute atomic E-state index is 9.61. The molecule has 0 aliphatic carbocycles. The van der Waals surface area contributed by atoms with Gasteiger partial charge in [0.15, 0.2) is 0 Å². The zero-order chi connectivity index (χ0) is 10.3. The van der Waals surface area contributed by atoms with Crippen LogP contribution in [-0.2, 0) is 4.34 Å². The second-order valence-electron chi connectivity index (χ2n) is 3.89. The third kappa shape index (κ3) is 1.28. The van der Waals surface area contributed by atoms with Crippen LogP contribution in [-0.4, -0.2) is 20.5 Å². The number of rotatable bonds is 0. The van der Waals surface area contributed by atoms with E-state index in [-0.39, 0.29) is 0 Å². The zero-order valence-electron chi connectivity index (χ0n) is 8.11. The van der Waals surface area contributed by atoms with Crippen LogP contribution >= 0.6 is 0 Å². The molecule has 1 heterocycles. The van der Waals surface area contributed by atoms with Crippen LogP contribution in [0.4, 0.5) is 0 Å². The molecule has 0 unspecified atom stereocenters. The van der Waals surface area contributed by atoms with Gasteiger partial charge in [-0.25, -0.2) is 0 Å². The summed E-state index contributed by atoms with van der Waals surface area (Å²) in [7, 11) is -2.78. The number of nitriles is 1. The minimum Gasteiger partial charge on any atom is -0.446 e. The first kappa shape index (κ1) is 9.47. The minimum atomic E-state index is -1.97. The lowest BCUT2D eigenvalue weighted by Gasteiger charge is -2.16. The number of hydrogen-bond donors (Lipinski definition) is 1. The van der Waals surface area contributed by atoms with Crippen molar-refractivity contribution in [3.8, 4) is 6.07 Å². The average Bonchev–Trinajstić information content (AvgIpc) is 2.37. The van der Waals surface area contributed by atoms with Gasteiger partial charge >= 0.3 is 7.12 Å². The fourth-order valence-corrected chi connectivity index (χ4v) is 3.99. The molecule has 1 aliphatic heterocycles. The molecule has 1 aromatic carbocycles. The third-order valence-electron chi connectivity index (χ3n) is 2.50. The van der Waals surface area contributed by atoms with Crippen LogP contribution in [0.5, 0.6) is 0 Å². The molecule has 1 N–H and O–H groups in total. The molecule has 0 saturated heterocycles. The highest BCUT2D eigenvalue weighted by atomic mass is 28.4. The van der Waals surface area contributed by atoms with Gasteiger partial charge in [0.2, 0.25) is 8.32 Å². The van der Waals surface area contributed by atoms with Crippen molar-refractivity contribution in [1.82, 2.24) is 0 Å². The number of hydrogen-bond acceptors (Lipinski definition) is 3. The van der Waals surface area contributed by atoms with E-state index in [1.165, 1.54) is 0 Å². The molecular weight excluding hydrogens is 193 g/mol. The van der Waals surface area contributed by atoms with Gasteiger partial charge in [-0.3, -0.25) is 0 Å². The number of benzene rings is 1. The van der Waals surface area contributed by atoms with Crippen molar-refractivity contribution in [2.24, 2.45) is 0 Å². The molecule has 0 fully saturated rings. The molecule has 3 nitrogen and oxygen atoms in total. The molecular formula is C9H10BNO2Si. The van der Waals surface area contributed by atoms with Crippen LogP contribution in [0, 0.1) is 11.3 Å². The van der Waals surface area contributed by atoms with Crippen molar-refractivity contribution < 1.29 is 9.37 Å². The Balaban J connectivity index is 2.60. The minimum absolute atomic E-state index is 0.627. The van der Waals surface area contributed by atoms with Gasteiger partial charge in [-0.1, -0.05) is 6.07 Å². The maximum atomic E-state index is 9.61. The predicted molar refractivity (Wildman–Crippen MR) is 57.0 cm³/mol. The van der Waals surface area contributed by atoms with Crippen LogP contribution in [0.2, 0.25) is 13.1 Å². The Morgan fingerprint density at radius 2 is 2.21 bits per heavy atom. The standard InChI is InChI=1S/C9H10BNO2Si/c1-14(2)9-5-7(6-11)3-4-8(9)10(12)13-14/h3-5,12H,1-2H3. The Morgan fingerprint density at radius 3 is 2.86 bits per heavy atom. The van der Waals surface area contributed by atoms with Crippen molar-refractivity contribution >= 4 is 26.1 Å². The van der Waals surface area contributed by atoms with Crippen LogP contribution in [0.25, 0.3) is 0 Å². The van der Waals surface area contributed by atoms with Gasteiger partial charge in [-0.05, 0) is 35.9 Å². The molecule has 5 heteroatoms. The van der Waals surface area contributed by atoms with Crippen LogP contribution < -0.4 is 10.6 Å². The van der Waals surface area contributed by atoms with E-state index in [1.807, 2.05) is 19.2 Å². The van der Waals surface area contributed by atoms with Crippen LogP contribution in [0.3, 0.4) is 0 Å². The summed E-state index contributed by atoms with van der Waals surface area (Å²) in [6, 6.07) is 7.41. The number of nitrogens with zero attached hydrogens (tertiary/aromatic N) is 1. The maximum Gasteiger partial charge on any atom is 0.480 e. The Hall–Kier alpha value is -1.09. The van der Waals surface area contributed by atoms with Crippen molar-refractivity contribution in [3.05, 3.63) is 23.8 Å². The van der Waals surface area contributed by atoms with Crippen molar-refractivity contribution in [2.75, 3.05) is 0 Å². The smallest absolute Gasteiger partial charge is 0.446 e. The third-order valence-corrected chi connectivity index (χ3v) is 5.05. The normalized spacial score (nSPS) is 17.7. The molecule has 0 atom stereocenters.